The van der Waals surface area contributed by atoms with Crippen LogP contribution in [0.2, 0.25) is 0 Å². The van der Waals surface area contributed by atoms with Gasteiger partial charge in [0.25, 0.3) is 0 Å². The zero-order valence-corrected chi connectivity index (χ0v) is 12.1. The van der Waals surface area contributed by atoms with Crippen molar-refractivity contribution >= 4 is 0 Å². The summed E-state index contributed by atoms with van der Waals surface area (Å²) in [7, 11) is 0. The Balaban J connectivity index is 1.65. The predicted molar refractivity (Wildman–Crippen MR) is 77.0 cm³/mol. The molecule has 0 heterocycles. The van der Waals surface area contributed by atoms with Gasteiger partial charge in [-0.05, 0) is 79.4 Å². The summed E-state index contributed by atoms with van der Waals surface area (Å²) in [6.45, 7) is 0. The van der Waals surface area contributed by atoms with E-state index in [9.17, 15) is 8.78 Å². The van der Waals surface area contributed by atoms with Gasteiger partial charge in [0.15, 0.2) is 11.6 Å². The zero-order chi connectivity index (χ0) is 14.6. The van der Waals surface area contributed by atoms with Crippen molar-refractivity contribution in [2.75, 3.05) is 0 Å². The third-order valence-corrected chi connectivity index (χ3v) is 6.17. The quantitative estimate of drug-likeness (QED) is 0.660. The molecule has 0 saturated heterocycles. The predicted octanol–water partition coefficient (Wildman–Crippen LogP) is 3.54. The van der Waals surface area contributed by atoms with Crippen molar-refractivity contribution in [1.29, 1.82) is 0 Å². The number of nitrogens with two attached hydrogens (primary N) is 1. The highest BCUT2D eigenvalue weighted by Crippen LogP contribution is 2.59. The van der Waals surface area contributed by atoms with Crippen LogP contribution >= 0.6 is 0 Å². The molecular formula is C17H22F2N2. The lowest BCUT2D eigenvalue weighted by Gasteiger charge is -2.56. The van der Waals surface area contributed by atoms with E-state index in [-0.39, 0.29) is 6.04 Å². The normalized spacial score (nSPS) is 38.7. The van der Waals surface area contributed by atoms with E-state index in [2.05, 4.69) is 5.43 Å². The zero-order valence-electron chi connectivity index (χ0n) is 12.1. The molecule has 4 fully saturated rings. The average Bonchev–Trinajstić information content (AvgIpc) is 2.45. The third kappa shape index (κ3) is 2.20. The van der Waals surface area contributed by atoms with Crippen LogP contribution in [0, 0.1) is 41.2 Å². The number of hydrogen-bond acceptors (Lipinski definition) is 2. The van der Waals surface area contributed by atoms with Gasteiger partial charge in [-0.3, -0.25) is 11.3 Å². The highest BCUT2D eigenvalue weighted by atomic mass is 19.2. The molecule has 4 aliphatic carbocycles. The van der Waals surface area contributed by atoms with Crippen molar-refractivity contribution in [3.8, 4) is 0 Å². The molecule has 1 aromatic carbocycles. The molecule has 0 aromatic heterocycles. The fourth-order valence-corrected chi connectivity index (χ4v) is 5.65. The molecule has 1 aromatic rings. The molecule has 4 bridgehead atoms. The van der Waals surface area contributed by atoms with Gasteiger partial charge in [-0.25, -0.2) is 8.78 Å². The summed E-state index contributed by atoms with van der Waals surface area (Å²) in [6.07, 6.45) is 6.57. The lowest BCUT2D eigenvalue weighted by molar-refractivity contribution is -0.0526. The van der Waals surface area contributed by atoms with Gasteiger partial charge in [0.1, 0.15) is 0 Å². The SMILES string of the molecule is NNC(c1ccc(F)c(F)c1)C1C2CC3CC(C2)CC1C3. The van der Waals surface area contributed by atoms with Crippen molar-refractivity contribution in [1.82, 2.24) is 5.43 Å². The van der Waals surface area contributed by atoms with Crippen molar-refractivity contribution in [3.05, 3.63) is 35.4 Å². The molecule has 114 valence electrons. The topological polar surface area (TPSA) is 38.0 Å². The van der Waals surface area contributed by atoms with Crippen LogP contribution in [0.15, 0.2) is 18.2 Å². The van der Waals surface area contributed by atoms with Crippen LogP contribution in [0.5, 0.6) is 0 Å². The average molecular weight is 292 g/mol. The van der Waals surface area contributed by atoms with Gasteiger partial charge < -0.3 is 0 Å². The fourth-order valence-electron chi connectivity index (χ4n) is 5.65. The van der Waals surface area contributed by atoms with E-state index in [1.54, 1.807) is 6.07 Å². The van der Waals surface area contributed by atoms with Gasteiger partial charge in [-0.15, -0.1) is 0 Å². The molecule has 0 amide bonds. The molecule has 4 heteroatoms. The van der Waals surface area contributed by atoms with Crippen molar-refractivity contribution < 1.29 is 8.78 Å². The van der Waals surface area contributed by atoms with Gasteiger partial charge in [-0.1, -0.05) is 6.07 Å². The molecule has 5 rings (SSSR count). The summed E-state index contributed by atoms with van der Waals surface area (Å²) in [4.78, 5) is 0. The van der Waals surface area contributed by atoms with E-state index in [4.69, 9.17) is 5.84 Å². The second kappa shape index (κ2) is 5.03. The fraction of sp³-hybridized carbons (Fsp3) is 0.647. The van der Waals surface area contributed by atoms with Gasteiger partial charge in [0.2, 0.25) is 0 Å². The van der Waals surface area contributed by atoms with Crippen LogP contribution in [-0.4, -0.2) is 0 Å². The molecule has 21 heavy (non-hydrogen) atoms. The molecule has 0 spiro atoms. The van der Waals surface area contributed by atoms with Crippen molar-refractivity contribution in [2.24, 2.45) is 35.4 Å². The molecular weight excluding hydrogens is 270 g/mol. The maximum atomic E-state index is 13.6. The van der Waals surface area contributed by atoms with E-state index < -0.39 is 11.6 Å². The molecule has 2 nitrogen and oxygen atoms in total. The van der Waals surface area contributed by atoms with E-state index in [0.717, 1.165) is 17.4 Å². The maximum absolute atomic E-state index is 13.6. The second-order valence-electron chi connectivity index (χ2n) is 7.33. The Bertz CT molecular complexity index is 518. The standard InChI is InChI=1S/C17H22F2N2/c18-14-2-1-11(8-15(14)19)17(21-20)16-12-4-9-3-10(6-12)7-13(16)5-9/h1-2,8-10,12-13,16-17,21H,3-7,20H2. The molecule has 1 unspecified atom stereocenters. The Kier molecular flexibility index (Phi) is 3.27. The van der Waals surface area contributed by atoms with Crippen LogP contribution in [0.25, 0.3) is 0 Å². The number of hydrogen-bond donors (Lipinski definition) is 2. The monoisotopic (exact) mass is 292 g/mol. The largest absolute Gasteiger partial charge is 0.271 e. The van der Waals surface area contributed by atoms with Gasteiger partial charge in [0.05, 0.1) is 0 Å². The minimum atomic E-state index is -0.792. The van der Waals surface area contributed by atoms with E-state index in [0.29, 0.717) is 17.8 Å². The maximum Gasteiger partial charge on any atom is 0.159 e. The Labute approximate surface area is 124 Å². The Morgan fingerprint density at radius 3 is 2.10 bits per heavy atom. The second-order valence-corrected chi connectivity index (χ2v) is 7.33. The van der Waals surface area contributed by atoms with E-state index in [1.165, 1.54) is 44.2 Å². The first kappa shape index (κ1) is 13.6. The smallest absolute Gasteiger partial charge is 0.159 e. The number of nitrogens with one attached hydrogen (secondary N) is 1. The lowest BCUT2D eigenvalue weighted by Crippen LogP contribution is -2.50. The van der Waals surface area contributed by atoms with Gasteiger partial charge in [0, 0.05) is 6.04 Å². The Morgan fingerprint density at radius 1 is 0.952 bits per heavy atom. The summed E-state index contributed by atoms with van der Waals surface area (Å²) >= 11 is 0. The highest BCUT2D eigenvalue weighted by molar-refractivity contribution is 5.23. The molecule has 4 saturated carbocycles. The first-order chi connectivity index (χ1) is 10.2. The number of rotatable bonds is 3. The van der Waals surface area contributed by atoms with Crippen LogP contribution < -0.4 is 11.3 Å². The van der Waals surface area contributed by atoms with Crippen LogP contribution in [0.1, 0.15) is 43.7 Å². The summed E-state index contributed by atoms with van der Waals surface area (Å²) in [6, 6.07) is 4.14. The van der Waals surface area contributed by atoms with E-state index in [1.807, 2.05) is 0 Å². The highest BCUT2D eigenvalue weighted by Gasteiger charge is 2.50. The van der Waals surface area contributed by atoms with Crippen LogP contribution in [0.3, 0.4) is 0 Å². The van der Waals surface area contributed by atoms with Crippen LogP contribution in [0.4, 0.5) is 8.78 Å². The molecule has 0 radical (unpaired) electrons. The van der Waals surface area contributed by atoms with E-state index >= 15 is 0 Å². The molecule has 1 atom stereocenters. The van der Waals surface area contributed by atoms with Gasteiger partial charge >= 0.3 is 0 Å². The first-order valence-electron chi connectivity index (χ1n) is 8.06. The summed E-state index contributed by atoms with van der Waals surface area (Å²) in [5.74, 6) is 7.87. The van der Waals surface area contributed by atoms with Crippen molar-refractivity contribution in [3.63, 3.8) is 0 Å². The van der Waals surface area contributed by atoms with Crippen LogP contribution in [-0.2, 0) is 0 Å². The number of hydrazine groups is 1. The molecule has 4 aliphatic rings. The molecule has 3 N–H and O–H groups in total. The summed E-state index contributed by atoms with van der Waals surface area (Å²) < 4.78 is 26.7. The minimum Gasteiger partial charge on any atom is -0.271 e. The molecule has 0 aliphatic heterocycles. The number of halogens is 2. The number of benzene rings is 1. The van der Waals surface area contributed by atoms with Gasteiger partial charge in [-0.2, -0.15) is 0 Å². The first-order valence-corrected chi connectivity index (χ1v) is 8.06. The Morgan fingerprint density at radius 2 is 1.57 bits per heavy atom. The minimum absolute atomic E-state index is 0.0601. The summed E-state index contributed by atoms with van der Waals surface area (Å²) in [5, 5.41) is 0. The lowest BCUT2D eigenvalue weighted by atomic mass is 9.50. The van der Waals surface area contributed by atoms with Crippen molar-refractivity contribution in [2.45, 2.75) is 38.1 Å². The summed E-state index contributed by atoms with van der Waals surface area (Å²) in [5.41, 5.74) is 3.69. The third-order valence-electron chi connectivity index (χ3n) is 6.17. The Hall–Kier alpha value is -1.00.